The third-order valence-corrected chi connectivity index (χ3v) is 5.74. The number of hydrogen-bond acceptors (Lipinski definition) is 4. The van der Waals surface area contributed by atoms with Crippen molar-refractivity contribution in [3.63, 3.8) is 0 Å². The highest BCUT2D eigenvalue weighted by atomic mass is 16.5. The molecule has 1 unspecified atom stereocenters. The Kier molecular flexibility index (Phi) is 5.14. The lowest BCUT2D eigenvalue weighted by atomic mass is 9.71. The molecule has 2 aromatic carbocycles. The Morgan fingerprint density at radius 2 is 1.78 bits per heavy atom. The van der Waals surface area contributed by atoms with E-state index in [1.54, 1.807) is 0 Å². The molecule has 4 rings (SSSR count). The highest BCUT2D eigenvalue weighted by Gasteiger charge is 2.44. The number of ether oxygens (including phenoxy) is 1. The molecule has 0 bridgehead atoms. The van der Waals surface area contributed by atoms with Crippen molar-refractivity contribution < 1.29 is 14.6 Å². The van der Waals surface area contributed by atoms with E-state index in [1.807, 2.05) is 48.5 Å². The second-order valence-electron chi connectivity index (χ2n) is 7.65. The number of hydrogen-bond donors (Lipinski definition) is 2. The van der Waals surface area contributed by atoms with Gasteiger partial charge in [0.05, 0.1) is 5.41 Å². The highest BCUT2D eigenvalue weighted by molar-refractivity contribution is 5.98. The summed E-state index contributed by atoms with van der Waals surface area (Å²) in [5.74, 6) is 0.917. The third kappa shape index (κ3) is 3.99. The topological polar surface area (TPSA) is 61.8 Å². The first-order chi connectivity index (χ1) is 13.1. The second-order valence-corrected chi connectivity index (χ2v) is 7.65. The Balaban J connectivity index is 1.29. The second kappa shape index (κ2) is 7.71. The fourth-order valence-electron chi connectivity index (χ4n) is 4.12. The number of amides is 1. The molecule has 142 valence electrons. The molecule has 0 aliphatic carbocycles. The van der Waals surface area contributed by atoms with Gasteiger partial charge in [-0.25, -0.2) is 0 Å². The Hall–Kier alpha value is -2.37. The number of benzene rings is 2. The average molecular weight is 366 g/mol. The summed E-state index contributed by atoms with van der Waals surface area (Å²) in [6.45, 7) is 2.48. The number of nitrogens with one attached hydrogen (secondary N) is 1. The van der Waals surface area contributed by atoms with Gasteiger partial charge >= 0.3 is 0 Å². The van der Waals surface area contributed by atoms with Crippen LogP contribution in [0.4, 0.5) is 5.69 Å². The largest absolute Gasteiger partial charge is 0.491 e. The summed E-state index contributed by atoms with van der Waals surface area (Å²) in [5, 5.41) is 13.4. The Labute approximate surface area is 160 Å². The maximum Gasteiger partial charge on any atom is 0.231 e. The van der Waals surface area contributed by atoms with Crippen LogP contribution in [0.15, 0.2) is 54.6 Å². The van der Waals surface area contributed by atoms with Gasteiger partial charge in [0.25, 0.3) is 0 Å². The van der Waals surface area contributed by atoms with Gasteiger partial charge in [0.2, 0.25) is 5.91 Å². The molecule has 1 spiro atoms. The van der Waals surface area contributed by atoms with E-state index in [2.05, 4.69) is 16.3 Å². The van der Waals surface area contributed by atoms with Gasteiger partial charge in [0, 0.05) is 12.2 Å². The van der Waals surface area contributed by atoms with Gasteiger partial charge in [-0.3, -0.25) is 4.79 Å². The molecule has 5 heteroatoms. The molecule has 2 aliphatic heterocycles. The summed E-state index contributed by atoms with van der Waals surface area (Å²) in [7, 11) is 0. The number of nitrogens with zero attached hydrogens (tertiary/aromatic N) is 1. The lowest BCUT2D eigenvalue weighted by molar-refractivity contribution is -0.129. The van der Waals surface area contributed by atoms with E-state index >= 15 is 0 Å². The molecular formula is C22H26N2O3. The molecule has 2 N–H and O–H groups in total. The Bertz CT molecular complexity index is 785. The van der Waals surface area contributed by atoms with Crippen LogP contribution < -0.4 is 10.1 Å². The molecule has 2 heterocycles. The third-order valence-electron chi connectivity index (χ3n) is 5.74. The van der Waals surface area contributed by atoms with Crippen molar-refractivity contribution in [3.8, 4) is 5.75 Å². The zero-order chi connectivity index (χ0) is 18.7. The molecule has 5 nitrogen and oxygen atoms in total. The van der Waals surface area contributed by atoms with E-state index in [-0.39, 0.29) is 17.9 Å². The van der Waals surface area contributed by atoms with Crippen LogP contribution in [0.25, 0.3) is 0 Å². The Morgan fingerprint density at radius 1 is 1.07 bits per heavy atom. The lowest BCUT2D eigenvalue weighted by Crippen LogP contribution is -2.51. The van der Waals surface area contributed by atoms with Gasteiger partial charge in [0.1, 0.15) is 18.5 Å². The number of carbonyl (C=O) groups excluding carboxylic acids is 1. The van der Waals surface area contributed by atoms with Crippen molar-refractivity contribution in [3.05, 3.63) is 60.2 Å². The van der Waals surface area contributed by atoms with Crippen LogP contribution in [0.1, 0.15) is 18.4 Å². The molecule has 1 atom stereocenters. The monoisotopic (exact) mass is 366 g/mol. The van der Waals surface area contributed by atoms with E-state index in [9.17, 15) is 9.90 Å². The summed E-state index contributed by atoms with van der Waals surface area (Å²) in [5.41, 5.74) is 1.86. The molecular weight excluding hydrogens is 340 g/mol. The van der Waals surface area contributed by atoms with Gasteiger partial charge in [0.15, 0.2) is 0 Å². The number of fused-ring (bicyclic) bond motifs is 1. The summed E-state index contributed by atoms with van der Waals surface area (Å²) in [6.07, 6.45) is 1.90. The average Bonchev–Trinajstić information content (AvgIpc) is 2.70. The van der Waals surface area contributed by atoms with Crippen molar-refractivity contribution >= 4 is 11.6 Å². The fraction of sp³-hybridized carbons (Fsp3) is 0.409. The zero-order valence-electron chi connectivity index (χ0n) is 15.4. The molecule has 1 amide bonds. The van der Waals surface area contributed by atoms with Crippen LogP contribution in [-0.2, 0) is 11.2 Å². The van der Waals surface area contributed by atoms with Gasteiger partial charge in [-0.05, 0) is 56.1 Å². The molecule has 27 heavy (non-hydrogen) atoms. The molecule has 2 aromatic rings. The van der Waals surface area contributed by atoms with Gasteiger partial charge in [-0.15, -0.1) is 0 Å². The first-order valence-electron chi connectivity index (χ1n) is 9.62. The standard InChI is InChI=1S/C22H26N2O3/c25-18(16-27-19-7-2-1-3-8-19)15-24-12-10-22(11-13-24)14-17-6-4-5-9-20(17)23-21(22)26/h1-9,18,25H,10-16H2,(H,23,26). The first-order valence-corrected chi connectivity index (χ1v) is 9.62. The maximum atomic E-state index is 12.7. The number of aliphatic hydroxyl groups excluding tert-OH is 1. The van der Waals surface area contributed by atoms with Crippen LogP contribution >= 0.6 is 0 Å². The fourth-order valence-corrected chi connectivity index (χ4v) is 4.12. The molecule has 2 aliphatic rings. The molecule has 0 aromatic heterocycles. The minimum atomic E-state index is -0.542. The number of piperidine rings is 1. The van der Waals surface area contributed by atoms with Crippen LogP contribution in [0.3, 0.4) is 0 Å². The predicted molar refractivity (Wildman–Crippen MR) is 105 cm³/mol. The van der Waals surface area contributed by atoms with Crippen molar-refractivity contribution in [1.82, 2.24) is 4.90 Å². The maximum absolute atomic E-state index is 12.7. The van der Waals surface area contributed by atoms with E-state index < -0.39 is 6.10 Å². The normalized spacial score (nSPS) is 20.0. The van der Waals surface area contributed by atoms with Crippen molar-refractivity contribution in [1.29, 1.82) is 0 Å². The summed E-state index contributed by atoms with van der Waals surface area (Å²) < 4.78 is 5.63. The Morgan fingerprint density at radius 3 is 2.56 bits per heavy atom. The molecule has 1 fully saturated rings. The van der Waals surface area contributed by atoms with Gasteiger partial charge < -0.3 is 20.1 Å². The molecule has 1 saturated heterocycles. The minimum absolute atomic E-state index is 0.147. The quantitative estimate of drug-likeness (QED) is 0.854. The number of aliphatic hydroxyl groups is 1. The van der Waals surface area contributed by atoms with Crippen molar-refractivity contribution in [2.45, 2.75) is 25.4 Å². The number of carbonyl (C=O) groups is 1. The van der Waals surface area contributed by atoms with Gasteiger partial charge in [-0.2, -0.15) is 0 Å². The highest BCUT2D eigenvalue weighted by Crippen LogP contribution is 2.41. The van der Waals surface area contributed by atoms with Crippen LogP contribution in [0, 0.1) is 5.41 Å². The minimum Gasteiger partial charge on any atom is -0.491 e. The van der Waals surface area contributed by atoms with E-state index in [4.69, 9.17) is 4.74 Å². The van der Waals surface area contributed by atoms with E-state index in [0.29, 0.717) is 6.54 Å². The predicted octanol–water partition coefficient (Wildman–Crippen LogP) is 2.70. The summed E-state index contributed by atoms with van der Waals surface area (Å²) in [6, 6.07) is 17.6. The number of anilines is 1. The van der Waals surface area contributed by atoms with Crippen LogP contribution in [-0.4, -0.2) is 48.3 Å². The molecule has 0 radical (unpaired) electrons. The number of likely N-dealkylation sites (tertiary alicyclic amines) is 1. The van der Waals surface area contributed by atoms with Crippen LogP contribution in [0.2, 0.25) is 0 Å². The number of para-hydroxylation sites is 2. The van der Waals surface area contributed by atoms with Crippen molar-refractivity contribution in [2.75, 3.05) is 31.6 Å². The SMILES string of the molecule is O=C1Nc2ccccc2CC12CCN(CC(O)COc1ccccc1)CC2. The molecule has 0 saturated carbocycles. The lowest BCUT2D eigenvalue weighted by Gasteiger charge is -2.43. The van der Waals surface area contributed by atoms with E-state index in [0.717, 1.165) is 43.8 Å². The van der Waals surface area contributed by atoms with Gasteiger partial charge in [-0.1, -0.05) is 36.4 Å². The summed E-state index contributed by atoms with van der Waals surface area (Å²) >= 11 is 0. The zero-order valence-corrected chi connectivity index (χ0v) is 15.4. The number of rotatable bonds is 5. The van der Waals surface area contributed by atoms with Crippen LogP contribution in [0.5, 0.6) is 5.75 Å². The van der Waals surface area contributed by atoms with E-state index in [1.165, 1.54) is 5.56 Å². The first kappa shape index (κ1) is 18.0. The smallest absolute Gasteiger partial charge is 0.231 e. The van der Waals surface area contributed by atoms with Crippen molar-refractivity contribution in [2.24, 2.45) is 5.41 Å². The summed E-state index contributed by atoms with van der Waals surface area (Å²) in [4.78, 5) is 15.0. The number of β-amino-alcohol motifs (C(OH)–C–C–N with tert-alkyl or cyclic N) is 1.